The van der Waals surface area contributed by atoms with E-state index < -0.39 is 0 Å². The number of rotatable bonds is 7. The SMILES string of the molecule is C=C(C1=CCOC1CC/C(=C/c1cc(Br)ccc1O)c1ccccc1)C(C)C. The van der Waals surface area contributed by atoms with Crippen LogP contribution in [0.3, 0.4) is 0 Å². The molecule has 0 fully saturated rings. The summed E-state index contributed by atoms with van der Waals surface area (Å²) in [6.45, 7) is 9.26. The Morgan fingerprint density at radius 2 is 2.00 bits per heavy atom. The van der Waals surface area contributed by atoms with Gasteiger partial charge in [0, 0.05) is 10.0 Å². The molecular weight excluding hydrogens is 412 g/mol. The highest BCUT2D eigenvalue weighted by Crippen LogP contribution is 2.33. The monoisotopic (exact) mass is 438 g/mol. The van der Waals surface area contributed by atoms with Crippen LogP contribution in [0.5, 0.6) is 5.75 Å². The highest BCUT2D eigenvalue weighted by atomic mass is 79.9. The van der Waals surface area contributed by atoms with Crippen LogP contribution in [0.2, 0.25) is 0 Å². The van der Waals surface area contributed by atoms with Gasteiger partial charge in [0.2, 0.25) is 0 Å². The summed E-state index contributed by atoms with van der Waals surface area (Å²) in [5.41, 5.74) is 5.56. The lowest BCUT2D eigenvalue weighted by Crippen LogP contribution is -2.13. The Bertz CT molecular complexity index is 894. The van der Waals surface area contributed by atoms with Crippen molar-refractivity contribution in [2.45, 2.75) is 32.8 Å². The second-order valence-corrected chi connectivity index (χ2v) is 8.35. The predicted octanol–water partition coefficient (Wildman–Crippen LogP) is 7.01. The number of phenols is 1. The van der Waals surface area contributed by atoms with Gasteiger partial charge in [0.25, 0.3) is 0 Å². The van der Waals surface area contributed by atoms with E-state index in [2.05, 4.69) is 60.6 Å². The summed E-state index contributed by atoms with van der Waals surface area (Å²) in [6, 6.07) is 15.8. The Kier molecular flexibility index (Phi) is 6.93. The van der Waals surface area contributed by atoms with E-state index in [1.54, 1.807) is 6.07 Å². The highest BCUT2D eigenvalue weighted by Gasteiger charge is 2.23. The lowest BCUT2D eigenvalue weighted by Gasteiger charge is -2.20. The van der Waals surface area contributed by atoms with Crippen molar-refractivity contribution < 1.29 is 9.84 Å². The highest BCUT2D eigenvalue weighted by molar-refractivity contribution is 9.10. The number of hydrogen-bond donors (Lipinski definition) is 1. The number of phenolic OH excluding ortho intramolecular Hbond substituents is 1. The molecular formula is C25H27BrO2. The van der Waals surface area contributed by atoms with E-state index in [1.807, 2.05) is 30.3 Å². The van der Waals surface area contributed by atoms with Crippen LogP contribution in [0.4, 0.5) is 0 Å². The first-order valence-corrected chi connectivity index (χ1v) is 10.5. The molecule has 2 aromatic carbocycles. The zero-order valence-electron chi connectivity index (χ0n) is 16.5. The molecule has 0 spiro atoms. The quantitative estimate of drug-likeness (QED) is 0.470. The van der Waals surface area contributed by atoms with Gasteiger partial charge in [-0.2, -0.15) is 0 Å². The molecule has 2 aromatic rings. The molecule has 1 aliphatic rings. The van der Waals surface area contributed by atoms with Gasteiger partial charge in [-0.05, 0) is 65.3 Å². The van der Waals surface area contributed by atoms with E-state index in [9.17, 15) is 5.11 Å². The minimum Gasteiger partial charge on any atom is -0.507 e. The fourth-order valence-electron chi connectivity index (χ4n) is 3.45. The summed E-state index contributed by atoms with van der Waals surface area (Å²) >= 11 is 3.50. The molecule has 146 valence electrons. The molecule has 0 saturated heterocycles. The zero-order valence-corrected chi connectivity index (χ0v) is 18.1. The van der Waals surface area contributed by atoms with Crippen molar-refractivity contribution in [1.29, 1.82) is 0 Å². The third-order valence-electron chi connectivity index (χ3n) is 5.16. The van der Waals surface area contributed by atoms with Crippen molar-refractivity contribution >= 4 is 27.6 Å². The van der Waals surface area contributed by atoms with Gasteiger partial charge in [-0.3, -0.25) is 0 Å². The molecule has 0 aromatic heterocycles. The van der Waals surface area contributed by atoms with Crippen LogP contribution in [-0.4, -0.2) is 17.8 Å². The summed E-state index contributed by atoms with van der Waals surface area (Å²) in [5.74, 6) is 0.695. The Morgan fingerprint density at radius 3 is 2.71 bits per heavy atom. The largest absolute Gasteiger partial charge is 0.507 e. The average molecular weight is 439 g/mol. The Balaban J connectivity index is 1.85. The normalized spacial score (nSPS) is 17.1. The fraction of sp³-hybridized carbons (Fsp3) is 0.280. The molecule has 0 radical (unpaired) electrons. The van der Waals surface area contributed by atoms with E-state index in [1.165, 1.54) is 11.1 Å². The molecule has 28 heavy (non-hydrogen) atoms. The van der Waals surface area contributed by atoms with Gasteiger partial charge in [-0.25, -0.2) is 0 Å². The smallest absolute Gasteiger partial charge is 0.122 e. The maximum atomic E-state index is 10.3. The minimum absolute atomic E-state index is 0.0816. The lowest BCUT2D eigenvalue weighted by atomic mass is 9.89. The fourth-order valence-corrected chi connectivity index (χ4v) is 3.83. The van der Waals surface area contributed by atoms with Gasteiger partial charge in [-0.15, -0.1) is 0 Å². The van der Waals surface area contributed by atoms with Crippen molar-refractivity contribution in [2.24, 2.45) is 5.92 Å². The molecule has 2 nitrogen and oxygen atoms in total. The Hall–Kier alpha value is -2.10. The molecule has 0 bridgehead atoms. The Labute approximate surface area is 176 Å². The van der Waals surface area contributed by atoms with Crippen LogP contribution >= 0.6 is 15.9 Å². The number of ether oxygens (including phenoxy) is 1. The molecule has 3 heteroatoms. The first-order valence-electron chi connectivity index (χ1n) is 9.71. The van der Waals surface area contributed by atoms with Crippen molar-refractivity contribution in [3.8, 4) is 5.75 Å². The molecule has 1 aliphatic heterocycles. The van der Waals surface area contributed by atoms with Crippen molar-refractivity contribution in [2.75, 3.05) is 6.61 Å². The standard InChI is InChI=1S/C25H27BrO2/c1-17(2)18(3)23-13-14-28-25(23)12-9-20(19-7-5-4-6-8-19)15-21-16-22(26)10-11-24(21)27/h4-8,10-11,13,15-17,25,27H,3,9,12,14H2,1-2H3/b20-15-. The number of halogens is 1. The van der Waals surface area contributed by atoms with Crippen molar-refractivity contribution in [3.63, 3.8) is 0 Å². The Morgan fingerprint density at radius 1 is 1.25 bits per heavy atom. The molecule has 0 saturated carbocycles. The van der Waals surface area contributed by atoms with Crippen LogP contribution in [-0.2, 0) is 4.74 Å². The molecule has 0 amide bonds. The molecule has 1 N–H and O–H groups in total. The van der Waals surface area contributed by atoms with Crippen LogP contribution in [0, 0.1) is 5.92 Å². The van der Waals surface area contributed by atoms with E-state index in [-0.39, 0.29) is 11.9 Å². The third kappa shape index (κ3) is 5.03. The van der Waals surface area contributed by atoms with Crippen LogP contribution in [0.25, 0.3) is 11.6 Å². The first-order chi connectivity index (χ1) is 13.5. The van der Waals surface area contributed by atoms with Crippen LogP contribution in [0.15, 0.2) is 76.8 Å². The topological polar surface area (TPSA) is 29.5 Å². The number of allylic oxidation sites excluding steroid dienone is 1. The van der Waals surface area contributed by atoms with Gasteiger partial charge < -0.3 is 9.84 Å². The van der Waals surface area contributed by atoms with Gasteiger partial charge in [-0.1, -0.05) is 72.8 Å². The van der Waals surface area contributed by atoms with Crippen molar-refractivity contribution in [1.82, 2.24) is 0 Å². The summed E-state index contributed by atoms with van der Waals surface area (Å²) in [4.78, 5) is 0. The second kappa shape index (κ2) is 9.40. The zero-order chi connectivity index (χ0) is 20.1. The van der Waals surface area contributed by atoms with Gasteiger partial charge in [0.15, 0.2) is 0 Å². The average Bonchev–Trinajstić information content (AvgIpc) is 3.16. The predicted molar refractivity (Wildman–Crippen MR) is 121 cm³/mol. The number of benzene rings is 2. The van der Waals surface area contributed by atoms with Crippen LogP contribution in [0.1, 0.15) is 37.8 Å². The second-order valence-electron chi connectivity index (χ2n) is 7.44. The van der Waals surface area contributed by atoms with E-state index in [0.717, 1.165) is 34.0 Å². The van der Waals surface area contributed by atoms with Gasteiger partial charge in [0.1, 0.15) is 5.75 Å². The summed E-state index contributed by atoms with van der Waals surface area (Å²) in [5, 5.41) is 10.3. The van der Waals surface area contributed by atoms with Crippen LogP contribution < -0.4 is 0 Å². The number of aromatic hydroxyl groups is 1. The molecule has 1 atom stereocenters. The summed E-state index contributed by atoms with van der Waals surface area (Å²) in [7, 11) is 0. The number of hydrogen-bond acceptors (Lipinski definition) is 2. The van der Waals surface area contributed by atoms with E-state index >= 15 is 0 Å². The third-order valence-corrected chi connectivity index (χ3v) is 5.65. The molecule has 3 rings (SSSR count). The minimum atomic E-state index is 0.0816. The first kappa shape index (κ1) is 20.6. The molecule has 0 aliphatic carbocycles. The van der Waals surface area contributed by atoms with Gasteiger partial charge in [0.05, 0.1) is 12.7 Å². The van der Waals surface area contributed by atoms with Gasteiger partial charge >= 0.3 is 0 Å². The summed E-state index contributed by atoms with van der Waals surface area (Å²) < 4.78 is 6.92. The van der Waals surface area contributed by atoms with E-state index in [0.29, 0.717) is 12.5 Å². The summed E-state index contributed by atoms with van der Waals surface area (Å²) in [6.07, 6.45) is 6.05. The molecule has 1 heterocycles. The van der Waals surface area contributed by atoms with E-state index in [4.69, 9.17) is 4.74 Å². The van der Waals surface area contributed by atoms with Crippen molar-refractivity contribution in [3.05, 3.63) is 87.9 Å². The maximum Gasteiger partial charge on any atom is 0.122 e. The molecule has 1 unspecified atom stereocenters. The lowest BCUT2D eigenvalue weighted by molar-refractivity contribution is 0.117. The maximum absolute atomic E-state index is 10.3.